The number of hydrogen-bond donors (Lipinski definition) is 1. The van der Waals surface area contributed by atoms with Crippen LogP contribution in [0.2, 0.25) is 0 Å². The van der Waals surface area contributed by atoms with Crippen LogP contribution in [0.4, 0.5) is 4.79 Å². The second kappa shape index (κ2) is 6.95. The lowest BCUT2D eigenvalue weighted by Gasteiger charge is -2.35. The van der Waals surface area contributed by atoms with E-state index in [2.05, 4.69) is 12.2 Å². The highest BCUT2D eigenvalue weighted by Gasteiger charge is 2.24. The zero-order valence-corrected chi connectivity index (χ0v) is 11.4. The van der Waals surface area contributed by atoms with Gasteiger partial charge in [0, 0.05) is 26.2 Å². The van der Waals surface area contributed by atoms with Crippen LogP contribution in [0.15, 0.2) is 0 Å². The average Bonchev–Trinajstić information content (AvgIpc) is 2.46. The summed E-state index contributed by atoms with van der Waals surface area (Å²) in [4.78, 5) is 16.3. The van der Waals surface area contributed by atoms with E-state index in [0.29, 0.717) is 19.1 Å². The van der Waals surface area contributed by atoms with Gasteiger partial charge in [-0.15, -0.1) is 0 Å². The van der Waals surface area contributed by atoms with Gasteiger partial charge in [-0.05, 0) is 38.8 Å². The third-order valence-electron chi connectivity index (χ3n) is 3.81. The van der Waals surface area contributed by atoms with Gasteiger partial charge in [-0.25, -0.2) is 4.79 Å². The van der Waals surface area contributed by atoms with Gasteiger partial charge in [0.05, 0.1) is 13.2 Å². The van der Waals surface area contributed by atoms with E-state index in [0.717, 1.165) is 39.3 Å². The molecule has 0 saturated carbocycles. The fourth-order valence-corrected chi connectivity index (χ4v) is 2.69. The first-order chi connectivity index (χ1) is 8.81. The molecule has 0 aromatic rings. The van der Waals surface area contributed by atoms with Gasteiger partial charge >= 0.3 is 6.03 Å². The molecule has 1 N–H and O–H groups in total. The third-order valence-corrected chi connectivity index (χ3v) is 3.81. The van der Waals surface area contributed by atoms with E-state index in [1.54, 1.807) is 0 Å². The molecular weight excluding hydrogens is 230 g/mol. The van der Waals surface area contributed by atoms with Crippen molar-refractivity contribution in [2.45, 2.75) is 19.8 Å². The van der Waals surface area contributed by atoms with E-state index >= 15 is 0 Å². The van der Waals surface area contributed by atoms with E-state index in [1.807, 2.05) is 9.80 Å². The van der Waals surface area contributed by atoms with Gasteiger partial charge in [-0.2, -0.15) is 0 Å². The van der Waals surface area contributed by atoms with Gasteiger partial charge in [0.15, 0.2) is 0 Å². The maximum Gasteiger partial charge on any atom is 0.320 e. The molecule has 104 valence electrons. The number of piperidine rings is 1. The van der Waals surface area contributed by atoms with Crippen LogP contribution in [0.25, 0.3) is 0 Å². The number of nitrogens with one attached hydrogen (secondary N) is 1. The molecule has 0 aliphatic carbocycles. The molecule has 2 heterocycles. The standard InChI is InChI=1S/C13H25N3O2/c1-2-15(11-12-4-3-5-14-10-12)13(17)16-6-8-18-9-7-16/h12,14H,2-11H2,1H3. The van der Waals surface area contributed by atoms with E-state index in [1.165, 1.54) is 12.8 Å². The number of carbonyl (C=O) groups is 1. The quantitative estimate of drug-likeness (QED) is 0.810. The first kappa shape index (κ1) is 13.6. The number of hydrogen-bond acceptors (Lipinski definition) is 3. The minimum atomic E-state index is 0.186. The molecule has 2 aliphatic heterocycles. The zero-order chi connectivity index (χ0) is 12.8. The van der Waals surface area contributed by atoms with Crippen molar-refractivity contribution in [3.8, 4) is 0 Å². The lowest BCUT2D eigenvalue weighted by molar-refractivity contribution is 0.0420. The van der Waals surface area contributed by atoms with Gasteiger partial charge < -0.3 is 19.9 Å². The molecule has 0 aromatic heterocycles. The molecule has 1 atom stereocenters. The Kier molecular flexibility index (Phi) is 5.26. The monoisotopic (exact) mass is 255 g/mol. The summed E-state index contributed by atoms with van der Waals surface area (Å²) in [6, 6.07) is 0.186. The van der Waals surface area contributed by atoms with Crippen LogP contribution in [-0.2, 0) is 4.74 Å². The summed E-state index contributed by atoms with van der Waals surface area (Å²) >= 11 is 0. The van der Waals surface area contributed by atoms with Crippen LogP contribution in [-0.4, -0.2) is 68.3 Å². The number of nitrogens with zero attached hydrogens (tertiary/aromatic N) is 2. The van der Waals surface area contributed by atoms with Crippen LogP contribution in [0.3, 0.4) is 0 Å². The molecule has 2 rings (SSSR count). The lowest BCUT2D eigenvalue weighted by atomic mass is 9.99. The van der Waals surface area contributed by atoms with Crippen LogP contribution in [0.1, 0.15) is 19.8 Å². The number of carbonyl (C=O) groups excluding carboxylic acids is 1. The number of morpholine rings is 1. The Morgan fingerprint density at radius 2 is 2.22 bits per heavy atom. The largest absolute Gasteiger partial charge is 0.378 e. The van der Waals surface area contributed by atoms with E-state index in [4.69, 9.17) is 4.74 Å². The van der Waals surface area contributed by atoms with Gasteiger partial charge in [0.25, 0.3) is 0 Å². The lowest BCUT2D eigenvalue weighted by Crippen LogP contribution is -2.50. The second-order valence-corrected chi connectivity index (χ2v) is 5.13. The summed E-state index contributed by atoms with van der Waals surface area (Å²) in [6.45, 7) is 8.74. The summed E-state index contributed by atoms with van der Waals surface area (Å²) in [5.41, 5.74) is 0. The van der Waals surface area contributed by atoms with Crippen LogP contribution in [0.5, 0.6) is 0 Å². The molecule has 0 bridgehead atoms. The first-order valence-corrected chi connectivity index (χ1v) is 7.13. The highest BCUT2D eigenvalue weighted by molar-refractivity contribution is 5.74. The highest BCUT2D eigenvalue weighted by atomic mass is 16.5. The Hall–Kier alpha value is -0.810. The fourth-order valence-electron chi connectivity index (χ4n) is 2.69. The molecular formula is C13H25N3O2. The molecule has 0 spiro atoms. The second-order valence-electron chi connectivity index (χ2n) is 5.13. The fraction of sp³-hybridized carbons (Fsp3) is 0.923. The molecule has 5 heteroatoms. The third kappa shape index (κ3) is 3.59. The summed E-state index contributed by atoms with van der Waals surface area (Å²) < 4.78 is 5.29. The maximum absolute atomic E-state index is 12.4. The zero-order valence-electron chi connectivity index (χ0n) is 11.4. The summed E-state index contributed by atoms with van der Waals surface area (Å²) in [5.74, 6) is 0.615. The minimum Gasteiger partial charge on any atom is -0.378 e. The summed E-state index contributed by atoms with van der Waals surface area (Å²) in [7, 11) is 0. The van der Waals surface area contributed by atoms with Gasteiger partial charge in [-0.3, -0.25) is 0 Å². The molecule has 1 unspecified atom stereocenters. The summed E-state index contributed by atoms with van der Waals surface area (Å²) in [5, 5.41) is 3.41. The Labute approximate surface area is 109 Å². The van der Waals surface area contributed by atoms with Crippen molar-refractivity contribution in [2.75, 3.05) is 52.5 Å². The van der Waals surface area contributed by atoms with Crippen LogP contribution < -0.4 is 5.32 Å². The molecule has 2 fully saturated rings. The normalized spacial score (nSPS) is 24.9. The molecule has 5 nitrogen and oxygen atoms in total. The molecule has 18 heavy (non-hydrogen) atoms. The van der Waals surface area contributed by atoms with Gasteiger partial charge in [-0.1, -0.05) is 0 Å². The topological polar surface area (TPSA) is 44.8 Å². The van der Waals surface area contributed by atoms with Crippen molar-refractivity contribution in [3.05, 3.63) is 0 Å². The number of urea groups is 1. The van der Waals surface area contributed by atoms with Crippen molar-refractivity contribution in [1.82, 2.24) is 15.1 Å². The van der Waals surface area contributed by atoms with Crippen LogP contribution >= 0.6 is 0 Å². The predicted molar refractivity (Wildman–Crippen MR) is 70.6 cm³/mol. The van der Waals surface area contributed by atoms with Crippen molar-refractivity contribution >= 4 is 6.03 Å². The minimum absolute atomic E-state index is 0.186. The van der Waals surface area contributed by atoms with Crippen molar-refractivity contribution in [2.24, 2.45) is 5.92 Å². The van der Waals surface area contributed by atoms with Gasteiger partial charge in [0.1, 0.15) is 0 Å². The van der Waals surface area contributed by atoms with Gasteiger partial charge in [0.2, 0.25) is 0 Å². The van der Waals surface area contributed by atoms with Crippen molar-refractivity contribution in [3.63, 3.8) is 0 Å². The highest BCUT2D eigenvalue weighted by Crippen LogP contribution is 2.13. The number of ether oxygens (including phenoxy) is 1. The Morgan fingerprint density at radius 3 is 2.83 bits per heavy atom. The average molecular weight is 255 g/mol. The van der Waals surface area contributed by atoms with Crippen LogP contribution in [0, 0.1) is 5.92 Å². The van der Waals surface area contributed by atoms with Crippen molar-refractivity contribution < 1.29 is 9.53 Å². The number of amides is 2. The molecule has 2 amide bonds. The molecule has 2 aliphatic rings. The van der Waals surface area contributed by atoms with E-state index in [-0.39, 0.29) is 6.03 Å². The Balaban J connectivity index is 1.84. The van der Waals surface area contributed by atoms with E-state index in [9.17, 15) is 4.79 Å². The smallest absolute Gasteiger partial charge is 0.320 e. The number of rotatable bonds is 3. The maximum atomic E-state index is 12.4. The summed E-state index contributed by atoms with van der Waals surface area (Å²) in [6.07, 6.45) is 2.47. The Bertz CT molecular complexity index is 261. The molecule has 0 aromatic carbocycles. The Morgan fingerprint density at radius 1 is 1.44 bits per heavy atom. The van der Waals surface area contributed by atoms with E-state index < -0.39 is 0 Å². The predicted octanol–water partition coefficient (Wildman–Crippen LogP) is 0.760. The SMILES string of the molecule is CCN(CC1CCCNC1)C(=O)N1CCOCC1. The molecule has 2 saturated heterocycles. The van der Waals surface area contributed by atoms with Crippen molar-refractivity contribution in [1.29, 1.82) is 0 Å². The molecule has 0 radical (unpaired) electrons. The first-order valence-electron chi connectivity index (χ1n) is 7.13.